The fourth-order valence-corrected chi connectivity index (χ4v) is 6.76. The van der Waals surface area contributed by atoms with Gasteiger partial charge in [-0.25, -0.2) is 9.18 Å². The van der Waals surface area contributed by atoms with Crippen LogP contribution in [0.4, 0.5) is 20.6 Å². The van der Waals surface area contributed by atoms with Crippen LogP contribution in [0, 0.1) is 11.2 Å². The van der Waals surface area contributed by atoms with Crippen molar-refractivity contribution in [2.75, 3.05) is 49.1 Å². The first-order chi connectivity index (χ1) is 18.0. The van der Waals surface area contributed by atoms with Gasteiger partial charge in [0.05, 0.1) is 11.1 Å². The zero-order valence-electron chi connectivity index (χ0n) is 23.4. The Balaban J connectivity index is 1.16. The predicted molar refractivity (Wildman–Crippen MR) is 145 cm³/mol. The molecule has 0 N–H and O–H groups in total. The Morgan fingerprint density at radius 2 is 1.68 bits per heavy atom. The van der Waals surface area contributed by atoms with Crippen LogP contribution in [0.15, 0.2) is 18.2 Å². The van der Waals surface area contributed by atoms with E-state index >= 15 is 4.39 Å². The Bertz CT molecular complexity index is 1030. The maximum atomic E-state index is 15.4. The average Bonchev–Trinajstić information content (AvgIpc) is 3.43. The largest absolute Gasteiger partial charge is 0.528 e. The van der Waals surface area contributed by atoms with Crippen molar-refractivity contribution >= 4 is 23.4 Å². The second-order valence-corrected chi connectivity index (χ2v) is 12.6. The van der Waals surface area contributed by atoms with Crippen LogP contribution < -0.4 is 9.80 Å². The van der Waals surface area contributed by atoms with Gasteiger partial charge in [-0.3, -0.25) is 9.69 Å². The number of ether oxygens (including phenoxy) is 1. The average molecular weight is 531 g/mol. The number of anilines is 2. The molecule has 1 amide bonds. The van der Waals surface area contributed by atoms with Crippen molar-refractivity contribution in [3.8, 4) is 0 Å². The number of hydroxylamine groups is 2. The summed E-state index contributed by atoms with van der Waals surface area (Å²) < 4.78 is 20.6. The molecule has 1 atom stereocenters. The molecule has 0 unspecified atom stereocenters. The molecular formula is C29H43FN4O4. The molecule has 1 aromatic rings. The van der Waals surface area contributed by atoms with Crippen molar-refractivity contribution in [2.24, 2.45) is 5.41 Å². The van der Waals surface area contributed by atoms with Gasteiger partial charge in [0.2, 0.25) is 5.91 Å². The fraction of sp³-hybridized carbons (Fsp3) is 0.724. The lowest BCUT2D eigenvalue weighted by Gasteiger charge is -2.39. The zero-order chi connectivity index (χ0) is 27.1. The molecule has 4 heterocycles. The molecule has 0 saturated carbocycles. The molecule has 4 saturated heterocycles. The number of amides is 1. The summed E-state index contributed by atoms with van der Waals surface area (Å²) in [5.74, 6) is -0.365. The Labute approximate surface area is 226 Å². The number of likely N-dealkylation sites (tertiary alicyclic amines) is 1. The van der Waals surface area contributed by atoms with Crippen LogP contribution >= 0.6 is 0 Å². The van der Waals surface area contributed by atoms with Crippen LogP contribution in [0.2, 0.25) is 0 Å². The van der Waals surface area contributed by atoms with Crippen LogP contribution in [0.3, 0.4) is 0 Å². The molecule has 1 aromatic carbocycles. The van der Waals surface area contributed by atoms with Crippen molar-refractivity contribution in [1.82, 2.24) is 9.96 Å². The third-order valence-corrected chi connectivity index (χ3v) is 8.91. The molecule has 0 aromatic heterocycles. The second-order valence-electron chi connectivity index (χ2n) is 12.6. The quantitative estimate of drug-likeness (QED) is 0.510. The molecule has 0 bridgehead atoms. The van der Waals surface area contributed by atoms with E-state index in [2.05, 4.69) is 16.7 Å². The van der Waals surface area contributed by atoms with Crippen LogP contribution in [-0.4, -0.2) is 79.0 Å². The monoisotopic (exact) mass is 530 g/mol. The normalized spacial score (nSPS) is 25.4. The number of hydrogen-bond acceptors (Lipinski definition) is 7. The Morgan fingerprint density at radius 3 is 2.29 bits per heavy atom. The predicted octanol–water partition coefficient (Wildman–Crippen LogP) is 4.96. The summed E-state index contributed by atoms with van der Waals surface area (Å²) in [6.07, 6.45) is 5.88. The molecule has 4 aliphatic rings. The highest BCUT2D eigenvalue weighted by molar-refractivity contribution is 6.00. The molecule has 0 aliphatic carbocycles. The summed E-state index contributed by atoms with van der Waals surface area (Å²) in [5, 5.41) is 1.57. The lowest BCUT2D eigenvalue weighted by atomic mass is 9.77. The van der Waals surface area contributed by atoms with E-state index in [1.807, 2.05) is 6.07 Å². The van der Waals surface area contributed by atoms with Crippen LogP contribution in [0.25, 0.3) is 0 Å². The minimum atomic E-state index is -0.732. The zero-order valence-corrected chi connectivity index (χ0v) is 23.4. The SMILES string of the molecule is C[C@H]1CCCN1C1CCN(c2ccc(N3CCC4(CCN(OC(=O)OC(C)(C)C)CC4)C3=O)c(F)c2)CC1. The summed E-state index contributed by atoms with van der Waals surface area (Å²) >= 11 is 0. The van der Waals surface area contributed by atoms with Crippen molar-refractivity contribution in [3.63, 3.8) is 0 Å². The summed E-state index contributed by atoms with van der Waals surface area (Å²) in [6, 6.07) is 6.65. The highest BCUT2D eigenvalue weighted by Crippen LogP contribution is 2.44. The number of carbonyl (C=O) groups is 2. The van der Waals surface area contributed by atoms with Gasteiger partial charge in [-0.1, -0.05) is 0 Å². The van der Waals surface area contributed by atoms with Crippen LogP contribution in [-0.2, 0) is 14.4 Å². The number of carbonyl (C=O) groups excluding carboxylic acids is 2. The van der Waals surface area contributed by atoms with E-state index in [4.69, 9.17) is 9.57 Å². The van der Waals surface area contributed by atoms with Crippen LogP contribution in [0.1, 0.15) is 72.6 Å². The third kappa shape index (κ3) is 5.64. The van der Waals surface area contributed by atoms with E-state index in [1.54, 1.807) is 42.9 Å². The smallest absolute Gasteiger partial charge is 0.427 e. The minimum Gasteiger partial charge on any atom is -0.427 e. The number of rotatable bonds is 4. The maximum absolute atomic E-state index is 15.4. The van der Waals surface area contributed by atoms with Crippen LogP contribution in [0.5, 0.6) is 0 Å². The van der Waals surface area contributed by atoms with Gasteiger partial charge in [0.25, 0.3) is 0 Å². The highest BCUT2D eigenvalue weighted by Gasteiger charge is 2.49. The lowest BCUT2D eigenvalue weighted by molar-refractivity contribution is -0.166. The van der Waals surface area contributed by atoms with E-state index in [0.29, 0.717) is 56.7 Å². The van der Waals surface area contributed by atoms with Gasteiger partial charge in [-0.05, 0) is 97.4 Å². The number of piperidine rings is 2. The summed E-state index contributed by atoms with van der Waals surface area (Å²) in [6.45, 7) is 12.2. The van der Waals surface area contributed by atoms with E-state index in [-0.39, 0.29) is 11.7 Å². The summed E-state index contributed by atoms with van der Waals surface area (Å²) in [4.78, 5) is 37.4. The van der Waals surface area contributed by atoms with Gasteiger partial charge >= 0.3 is 6.16 Å². The van der Waals surface area contributed by atoms with Gasteiger partial charge in [0.1, 0.15) is 11.4 Å². The number of hydrogen-bond donors (Lipinski definition) is 0. The highest BCUT2D eigenvalue weighted by atomic mass is 19.1. The van der Waals surface area contributed by atoms with Crippen molar-refractivity contribution in [1.29, 1.82) is 0 Å². The van der Waals surface area contributed by atoms with Crippen molar-refractivity contribution in [2.45, 2.75) is 90.3 Å². The molecule has 4 fully saturated rings. The molecular weight excluding hydrogens is 487 g/mol. The molecule has 210 valence electrons. The molecule has 4 aliphatic heterocycles. The maximum Gasteiger partial charge on any atom is 0.528 e. The van der Waals surface area contributed by atoms with Gasteiger partial charge in [-0.15, -0.1) is 5.06 Å². The first kappa shape index (κ1) is 27.2. The Hall–Kier alpha value is -2.39. The molecule has 9 heteroatoms. The Morgan fingerprint density at radius 1 is 1.00 bits per heavy atom. The fourth-order valence-electron chi connectivity index (χ4n) is 6.76. The first-order valence-electron chi connectivity index (χ1n) is 14.3. The van der Waals surface area contributed by atoms with Crippen molar-refractivity contribution in [3.05, 3.63) is 24.0 Å². The summed E-state index contributed by atoms with van der Waals surface area (Å²) in [5.41, 5.74) is 0.100. The number of benzene rings is 1. The molecule has 5 rings (SSSR count). The van der Waals surface area contributed by atoms with Gasteiger partial charge in [0, 0.05) is 50.5 Å². The summed E-state index contributed by atoms with van der Waals surface area (Å²) in [7, 11) is 0. The van der Waals surface area contributed by atoms with Gasteiger partial charge in [-0.2, -0.15) is 0 Å². The molecule has 0 radical (unpaired) electrons. The molecule has 8 nitrogen and oxygen atoms in total. The molecule has 38 heavy (non-hydrogen) atoms. The number of halogens is 1. The minimum absolute atomic E-state index is 0.0263. The van der Waals surface area contributed by atoms with Gasteiger partial charge in [0.15, 0.2) is 0 Å². The molecule has 1 spiro atoms. The van der Waals surface area contributed by atoms with E-state index < -0.39 is 17.2 Å². The topological polar surface area (TPSA) is 65.6 Å². The number of nitrogens with zero attached hydrogens (tertiary/aromatic N) is 4. The van der Waals surface area contributed by atoms with E-state index in [1.165, 1.54) is 19.4 Å². The first-order valence-corrected chi connectivity index (χ1v) is 14.3. The standard InChI is InChI=1S/C29H43FN4O4/c1-21-6-5-14-33(21)22-9-15-31(16-10-22)23-7-8-25(24(30)20-23)34-19-13-29(26(34)35)11-17-32(18-12-29)38-27(36)37-28(2,3)4/h7-8,20-22H,5-6,9-19H2,1-4H3/t21-/m0/s1. The second kappa shape index (κ2) is 10.6. The Kier molecular flexibility index (Phi) is 7.61. The van der Waals surface area contributed by atoms with Crippen molar-refractivity contribution < 1.29 is 23.6 Å². The third-order valence-electron chi connectivity index (χ3n) is 8.91. The van der Waals surface area contributed by atoms with E-state index in [9.17, 15) is 9.59 Å². The lowest BCUT2D eigenvalue weighted by Crippen LogP contribution is -2.46. The van der Waals surface area contributed by atoms with E-state index in [0.717, 1.165) is 31.6 Å². The van der Waals surface area contributed by atoms with Gasteiger partial charge < -0.3 is 19.4 Å².